The van der Waals surface area contributed by atoms with E-state index in [1.54, 1.807) is 6.08 Å². The summed E-state index contributed by atoms with van der Waals surface area (Å²) in [4.78, 5) is 0. The van der Waals surface area contributed by atoms with Crippen LogP contribution in [0.1, 0.15) is 60.3 Å². The van der Waals surface area contributed by atoms with Gasteiger partial charge in [0.05, 0.1) is 39.9 Å². The SMILES string of the molecule is CCCC(C)(C)CC(C)(C)C/C=C/C(O)C(N)COP(=O)(OC)OCC[N+](C)(C)C. The van der Waals surface area contributed by atoms with Crippen molar-refractivity contribution in [3.8, 4) is 0 Å². The van der Waals surface area contributed by atoms with E-state index in [1.165, 1.54) is 20.0 Å². The minimum Gasteiger partial charge on any atom is -0.387 e. The molecular formula is C22H48N2O5P+. The van der Waals surface area contributed by atoms with Crippen molar-refractivity contribution < 1.29 is 27.7 Å². The third-order valence-electron chi connectivity index (χ3n) is 4.99. The summed E-state index contributed by atoms with van der Waals surface area (Å²) in [5.41, 5.74) is 6.43. The lowest BCUT2D eigenvalue weighted by atomic mass is 9.71. The van der Waals surface area contributed by atoms with Crippen LogP contribution in [0.2, 0.25) is 0 Å². The maximum Gasteiger partial charge on any atom is 0.474 e. The number of phosphoric acid groups is 1. The zero-order valence-corrected chi connectivity index (χ0v) is 21.7. The summed E-state index contributed by atoms with van der Waals surface area (Å²) < 4.78 is 28.7. The van der Waals surface area contributed by atoms with Crippen LogP contribution in [0, 0.1) is 10.8 Å². The fourth-order valence-corrected chi connectivity index (χ4v) is 4.59. The molecule has 0 fully saturated rings. The number of hydrogen-bond donors (Lipinski definition) is 2. The minimum atomic E-state index is -3.69. The van der Waals surface area contributed by atoms with Gasteiger partial charge in [0.2, 0.25) is 0 Å². The number of hydrogen-bond acceptors (Lipinski definition) is 6. The summed E-state index contributed by atoms with van der Waals surface area (Å²) >= 11 is 0. The van der Waals surface area contributed by atoms with Crippen LogP contribution in [0.4, 0.5) is 0 Å². The largest absolute Gasteiger partial charge is 0.474 e. The number of phosphoric ester groups is 1. The summed E-state index contributed by atoms with van der Waals surface area (Å²) in [6, 6.07) is -0.730. The van der Waals surface area contributed by atoms with Crippen LogP contribution in [0.3, 0.4) is 0 Å². The molecule has 3 atom stereocenters. The Morgan fingerprint density at radius 1 is 1.13 bits per heavy atom. The lowest BCUT2D eigenvalue weighted by Crippen LogP contribution is -2.38. The number of aliphatic hydroxyl groups is 1. The molecule has 0 aromatic carbocycles. The van der Waals surface area contributed by atoms with Crippen molar-refractivity contribution in [3.63, 3.8) is 0 Å². The Bertz CT molecular complexity index is 558. The van der Waals surface area contributed by atoms with Gasteiger partial charge in [0, 0.05) is 7.11 Å². The van der Waals surface area contributed by atoms with Gasteiger partial charge in [-0.3, -0.25) is 13.6 Å². The number of allylic oxidation sites excluding steroid dienone is 1. The van der Waals surface area contributed by atoms with E-state index in [1.807, 2.05) is 27.2 Å². The maximum atomic E-state index is 12.5. The van der Waals surface area contributed by atoms with Crippen molar-refractivity contribution >= 4 is 7.82 Å². The fraction of sp³-hybridized carbons (Fsp3) is 0.909. The van der Waals surface area contributed by atoms with Crippen LogP contribution < -0.4 is 5.73 Å². The van der Waals surface area contributed by atoms with E-state index in [0.717, 1.165) is 12.8 Å². The molecule has 3 N–H and O–H groups in total. The molecule has 0 rings (SSSR count). The molecule has 0 aliphatic carbocycles. The van der Waals surface area contributed by atoms with Gasteiger partial charge in [-0.1, -0.05) is 53.2 Å². The quantitative estimate of drug-likeness (QED) is 0.206. The van der Waals surface area contributed by atoms with Crippen LogP contribution in [-0.2, 0) is 18.1 Å². The molecule has 7 nitrogen and oxygen atoms in total. The van der Waals surface area contributed by atoms with Gasteiger partial charge in [-0.05, 0) is 30.1 Å². The first-order chi connectivity index (χ1) is 13.5. The Kier molecular flexibility index (Phi) is 12.6. The summed E-state index contributed by atoms with van der Waals surface area (Å²) in [5, 5.41) is 10.3. The Hall–Kier alpha value is -0.270. The molecule has 0 saturated heterocycles. The number of quaternary nitrogens is 1. The number of nitrogens with zero attached hydrogens (tertiary/aromatic N) is 1. The summed E-state index contributed by atoms with van der Waals surface area (Å²) in [7, 11) is 3.61. The topological polar surface area (TPSA) is 91.0 Å². The van der Waals surface area contributed by atoms with Gasteiger partial charge in [-0.15, -0.1) is 0 Å². The van der Waals surface area contributed by atoms with E-state index in [0.29, 0.717) is 16.4 Å². The van der Waals surface area contributed by atoms with E-state index in [-0.39, 0.29) is 18.6 Å². The molecule has 0 aromatic rings. The molecule has 0 spiro atoms. The summed E-state index contributed by atoms with van der Waals surface area (Å²) in [6.45, 7) is 12.1. The number of likely N-dealkylation sites (N-methyl/N-ethyl adjacent to an activating group) is 1. The van der Waals surface area contributed by atoms with Crippen molar-refractivity contribution in [3.05, 3.63) is 12.2 Å². The second-order valence-corrected chi connectivity index (χ2v) is 12.6. The molecule has 3 unspecified atom stereocenters. The predicted molar refractivity (Wildman–Crippen MR) is 124 cm³/mol. The average molecular weight is 452 g/mol. The fourth-order valence-electron chi connectivity index (χ4n) is 3.65. The van der Waals surface area contributed by atoms with Crippen molar-refractivity contribution in [2.45, 2.75) is 72.4 Å². The highest BCUT2D eigenvalue weighted by molar-refractivity contribution is 7.48. The Balaban J connectivity index is 4.57. The first-order valence-electron chi connectivity index (χ1n) is 10.9. The lowest BCUT2D eigenvalue weighted by molar-refractivity contribution is -0.870. The van der Waals surface area contributed by atoms with Gasteiger partial charge in [0.25, 0.3) is 0 Å². The van der Waals surface area contributed by atoms with E-state index in [2.05, 4.69) is 34.6 Å². The molecule has 180 valence electrons. The molecule has 0 aromatic heterocycles. The predicted octanol–water partition coefficient (Wildman–Crippen LogP) is 4.36. The summed E-state index contributed by atoms with van der Waals surface area (Å²) in [6.07, 6.45) is 7.08. The van der Waals surface area contributed by atoms with Gasteiger partial charge in [0.1, 0.15) is 13.2 Å². The molecule has 0 heterocycles. The maximum absolute atomic E-state index is 12.5. The molecular weight excluding hydrogens is 403 g/mol. The molecule has 8 heteroatoms. The van der Waals surface area contributed by atoms with Gasteiger partial charge in [0.15, 0.2) is 0 Å². The van der Waals surface area contributed by atoms with E-state index < -0.39 is 20.0 Å². The first kappa shape index (κ1) is 29.7. The first-order valence-corrected chi connectivity index (χ1v) is 12.4. The molecule has 0 amide bonds. The molecule has 0 saturated carbocycles. The standard InChI is InChI=1S/C22H48N2O5P/c1-10-13-21(2,3)18-22(4,5)14-11-12-20(25)19(23)17-29-30(26,27-9)28-16-15-24(6,7)8/h11-12,19-20,25H,10,13-18,23H2,1-9H3/q+1/b12-11+. The van der Waals surface area contributed by atoms with Gasteiger partial charge in [-0.25, -0.2) is 4.57 Å². The number of aliphatic hydroxyl groups excluding tert-OH is 1. The van der Waals surface area contributed by atoms with Crippen molar-refractivity contribution in [1.82, 2.24) is 0 Å². The summed E-state index contributed by atoms with van der Waals surface area (Å²) in [5.74, 6) is 0. The lowest BCUT2D eigenvalue weighted by Gasteiger charge is -2.34. The monoisotopic (exact) mass is 451 g/mol. The normalized spacial score (nSPS) is 17.8. The van der Waals surface area contributed by atoms with Crippen molar-refractivity contribution in [2.24, 2.45) is 16.6 Å². The molecule has 0 bridgehead atoms. The van der Waals surface area contributed by atoms with Crippen LogP contribution in [0.25, 0.3) is 0 Å². The van der Waals surface area contributed by atoms with Gasteiger partial charge < -0.3 is 15.3 Å². The number of rotatable bonds is 16. The van der Waals surface area contributed by atoms with Crippen LogP contribution in [0.15, 0.2) is 12.2 Å². The average Bonchev–Trinajstić information content (AvgIpc) is 2.57. The van der Waals surface area contributed by atoms with Crippen LogP contribution in [0.5, 0.6) is 0 Å². The Morgan fingerprint density at radius 2 is 1.73 bits per heavy atom. The number of nitrogens with two attached hydrogens (primary N) is 1. The van der Waals surface area contributed by atoms with Crippen LogP contribution in [-0.4, -0.2) is 69.7 Å². The van der Waals surface area contributed by atoms with Crippen LogP contribution >= 0.6 is 7.82 Å². The van der Waals surface area contributed by atoms with Gasteiger partial charge >= 0.3 is 7.82 Å². The van der Waals surface area contributed by atoms with E-state index >= 15 is 0 Å². The smallest absolute Gasteiger partial charge is 0.387 e. The third-order valence-corrected chi connectivity index (χ3v) is 6.40. The highest BCUT2D eigenvalue weighted by Crippen LogP contribution is 2.48. The molecule has 30 heavy (non-hydrogen) atoms. The third kappa shape index (κ3) is 13.9. The highest BCUT2D eigenvalue weighted by atomic mass is 31.2. The van der Waals surface area contributed by atoms with Crippen molar-refractivity contribution in [1.29, 1.82) is 0 Å². The molecule has 0 radical (unpaired) electrons. The zero-order valence-electron chi connectivity index (χ0n) is 20.8. The molecule has 0 aliphatic rings. The minimum absolute atomic E-state index is 0.126. The Morgan fingerprint density at radius 3 is 2.23 bits per heavy atom. The van der Waals surface area contributed by atoms with Gasteiger partial charge in [-0.2, -0.15) is 0 Å². The van der Waals surface area contributed by atoms with E-state index in [9.17, 15) is 9.67 Å². The zero-order chi connectivity index (χ0) is 23.6. The Labute approximate surface area is 185 Å². The second-order valence-electron chi connectivity index (χ2n) is 10.8. The van der Waals surface area contributed by atoms with Crippen molar-refractivity contribution in [2.75, 3.05) is 48.0 Å². The second kappa shape index (κ2) is 12.7. The molecule has 0 aliphatic heterocycles. The van der Waals surface area contributed by atoms with E-state index in [4.69, 9.17) is 19.3 Å². The highest BCUT2D eigenvalue weighted by Gasteiger charge is 2.29.